The third-order valence-electron chi connectivity index (χ3n) is 7.09. The molecule has 2 saturated carbocycles. The lowest BCUT2D eigenvalue weighted by molar-refractivity contribution is 0.179. The van der Waals surface area contributed by atoms with E-state index in [1.165, 1.54) is 0 Å². The van der Waals surface area contributed by atoms with Gasteiger partial charge in [0.2, 0.25) is 0 Å². The van der Waals surface area contributed by atoms with Gasteiger partial charge in [0.05, 0.1) is 10.9 Å². The SMILES string of the molecule is CN(C)CCCN(C1CCC1)S(=O)(=O)N1CCN(c2ncnc3[nH]ccc23)CC12CC2. The van der Waals surface area contributed by atoms with Crippen molar-refractivity contribution in [1.82, 2.24) is 28.5 Å². The molecule has 3 fully saturated rings. The maximum atomic E-state index is 13.9. The molecule has 0 unspecified atom stereocenters. The van der Waals surface area contributed by atoms with Gasteiger partial charge in [-0.15, -0.1) is 0 Å². The van der Waals surface area contributed by atoms with Gasteiger partial charge in [0.15, 0.2) is 0 Å². The van der Waals surface area contributed by atoms with Crippen molar-refractivity contribution >= 4 is 27.1 Å². The van der Waals surface area contributed by atoms with E-state index < -0.39 is 10.2 Å². The first-order valence-corrected chi connectivity index (χ1v) is 12.8. The second-order valence-electron chi connectivity index (χ2n) is 9.52. The summed E-state index contributed by atoms with van der Waals surface area (Å²) in [5, 5.41) is 0.995. The van der Waals surface area contributed by atoms with Crippen LogP contribution in [0.3, 0.4) is 0 Å². The zero-order valence-electron chi connectivity index (χ0n) is 18.5. The van der Waals surface area contributed by atoms with Crippen LogP contribution >= 0.6 is 0 Å². The first kappa shape index (κ1) is 21.1. The predicted molar refractivity (Wildman–Crippen MR) is 121 cm³/mol. The van der Waals surface area contributed by atoms with Crippen molar-refractivity contribution in [3.05, 3.63) is 18.6 Å². The van der Waals surface area contributed by atoms with Crippen LogP contribution in [0.4, 0.5) is 5.82 Å². The first-order chi connectivity index (χ1) is 14.9. The number of aromatic amines is 1. The molecule has 10 heteroatoms. The Labute approximate surface area is 184 Å². The van der Waals surface area contributed by atoms with Crippen LogP contribution in [0.1, 0.15) is 38.5 Å². The number of hydrogen-bond donors (Lipinski definition) is 1. The molecule has 2 aliphatic carbocycles. The summed E-state index contributed by atoms with van der Waals surface area (Å²) in [6.07, 6.45) is 9.26. The van der Waals surface area contributed by atoms with Crippen LogP contribution in [0.5, 0.6) is 0 Å². The van der Waals surface area contributed by atoms with E-state index in [9.17, 15) is 8.42 Å². The Kier molecular flexibility index (Phi) is 5.44. The van der Waals surface area contributed by atoms with Gasteiger partial charge in [-0.3, -0.25) is 0 Å². The van der Waals surface area contributed by atoms with Gasteiger partial charge in [0.1, 0.15) is 17.8 Å². The number of nitrogens with zero attached hydrogens (tertiary/aromatic N) is 6. The first-order valence-electron chi connectivity index (χ1n) is 11.4. The maximum absolute atomic E-state index is 13.9. The molecule has 0 radical (unpaired) electrons. The third-order valence-corrected chi connectivity index (χ3v) is 9.29. The van der Waals surface area contributed by atoms with Crippen LogP contribution < -0.4 is 4.90 Å². The molecule has 3 aliphatic rings. The lowest BCUT2D eigenvalue weighted by atomic mass is 9.93. The number of hydrogen-bond acceptors (Lipinski definition) is 6. The Morgan fingerprint density at radius 3 is 2.68 bits per heavy atom. The van der Waals surface area contributed by atoms with Crippen molar-refractivity contribution in [3.63, 3.8) is 0 Å². The van der Waals surface area contributed by atoms with Gasteiger partial charge in [0.25, 0.3) is 10.2 Å². The van der Waals surface area contributed by atoms with Crippen LogP contribution in [0.25, 0.3) is 11.0 Å². The Bertz CT molecular complexity index is 1030. The fraction of sp³-hybridized carbons (Fsp3) is 0.714. The molecule has 1 saturated heterocycles. The van der Waals surface area contributed by atoms with Crippen molar-refractivity contribution < 1.29 is 8.42 Å². The quantitative estimate of drug-likeness (QED) is 0.662. The molecular formula is C21H33N7O2S. The average Bonchev–Trinajstić information content (AvgIpc) is 3.26. The van der Waals surface area contributed by atoms with Crippen molar-refractivity contribution in [3.8, 4) is 0 Å². The number of nitrogens with one attached hydrogen (secondary N) is 1. The minimum Gasteiger partial charge on any atom is -0.353 e. The number of aromatic nitrogens is 3. The third kappa shape index (κ3) is 3.83. The number of rotatable bonds is 8. The summed E-state index contributed by atoms with van der Waals surface area (Å²) < 4.78 is 31.4. The summed E-state index contributed by atoms with van der Waals surface area (Å²) in [4.78, 5) is 16.3. The van der Waals surface area contributed by atoms with E-state index in [0.29, 0.717) is 26.2 Å². The topological polar surface area (TPSA) is 88.7 Å². The lowest BCUT2D eigenvalue weighted by Crippen LogP contribution is -2.62. The van der Waals surface area contributed by atoms with E-state index in [4.69, 9.17) is 0 Å². The number of piperazine rings is 1. The number of anilines is 1. The smallest absolute Gasteiger partial charge is 0.282 e. The molecule has 0 atom stereocenters. The summed E-state index contributed by atoms with van der Waals surface area (Å²) in [7, 11) is 0.592. The molecule has 0 amide bonds. The van der Waals surface area contributed by atoms with Crippen molar-refractivity contribution in [2.24, 2.45) is 0 Å². The van der Waals surface area contributed by atoms with Crippen LogP contribution in [-0.2, 0) is 10.2 Å². The highest BCUT2D eigenvalue weighted by Gasteiger charge is 2.57. The summed E-state index contributed by atoms with van der Waals surface area (Å²) in [5.41, 5.74) is 0.524. The normalized spacial score (nSPS) is 22.0. The summed E-state index contributed by atoms with van der Waals surface area (Å²) >= 11 is 0. The molecule has 9 nitrogen and oxygen atoms in total. The summed E-state index contributed by atoms with van der Waals surface area (Å²) in [5.74, 6) is 0.899. The molecule has 5 rings (SSSR count). The Morgan fingerprint density at radius 2 is 2.00 bits per heavy atom. The minimum atomic E-state index is -3.48. The predicted octanol–water partition coefficient (Wildman–Crippen LogP) is 1.66. The largest absolute Gasteiger partial charge is 0.353 e. The molecule has 170 valence electrons. The van der Waals surface area contributed by atoms with Gasteiger partial charge >= 0.3 is 0 Å². The molecule has 1 spiro atoms. The zero-order valence-corrected chi connectivity index (χ0v) is 19.3. The monoisotopic (exact) mass is 447 g/mol. The van der Waals surface area contributed by atoms with E-state index in [1.807, 2.05) is 35.0 Å². The molecule has 0 aromatic carbocycles. The fourth-order valence-corrected chi connectivity index (χ4v) is 7.24. The molecule has 31 heavy (non-hydrogen) atoms. The van der Waals surface area contributed by atoms with Crippen molar-refractivity contribution in [2.75, 3.05) is 51.7 Å². The van der Waals surface area contributed by atoms with E-state index in [2.05, 4.69) is 24.8 Å². The van der Waals surface area contributed by atoms with Crippen molar-refractivity contribution in [1.29, 1.82) is 0 Å². The van der Waals surface area contributed by atoms with E-state index >= 15 is 0 Å². The second kappa shape index (κ2) is 7.99. The molecule has 0 bridgehead atoms. The molecule has 1 N–H and O–H groups in total. The fourth-order valence-electron chi connectivity index (χ4n) is 5.00. The molecule has 2 aromatic heterocycles. The van der Waals surface area contributed by atoms with Crippen LogP contribution in [0.15, 0.2) is 18.6 Å². The summed E-state index contributed by atoms with van der Waals surface area (Å²) in [6, 6.07) is 2.17. The number of fused-ring (bicyclic) bond motifs is 1. The van der Waals surface area contributed by atoms with Crippen LogP contribution in [0.2, 0.25) is 0 Å². The van der Waals surface area contributed by atoms with Gasteiger partial charge in [-0.25, -0.2) is 9.97 Å². The molecular weight excluding hydrogens is 414 g/mol. The van der Waals surface area contributed by atoms with Crippen LogP contribution in [-0.4, -0.2) is 95.3 Å². The minimum absolute atomic E-state index is 0.169. The highest BCUT2D eigenvalue weighted by Crippen LogP contribution is 2.48. The zero-order chi connectivity index (χ0) is 21.6. The molecule has 3 heterocycles. The lowest BCUT2D eigenvalue weighted by Gasteiger charge is -2.46. The Hall–Kier alpha value is -1.75. The van der Waals surface area contributed by atoms with Crippen LogP contribution in [0, 0.1) is 0 Å². The van der Waals surface area contributed by atoms with E-state index in [0.717, 1.165) is 61.9 Å². The Morgan fingerprint density at radius 1 is 1.19 bits per heavy atom. The number of H-pyrrole nitrogens is 1. The highest BCUT2D eigenvalue weighted by atomic mass is 32.2. The van der Waals surface area contributed by atoms with Gasteiger partial charge in [-0.1, -0.05) is 6.42 Å². The van der Waals surface area contributed by atoms with Gasteiger partial charge in [-0.05, 0) is 58.8 Å². The van der Waals surface area contributed by atoms with E-state index in [-0.39, 0.29) is 11.6 Å². The van der Waals surface area contributed by atoms with Gasteiger partial charge in [-0.2, -0.15) is 17.0 Å². The van der Waals surface area contributed by atoms with Gasteiger partial charge < -0.3 is 14.8 Å². The molecule has 2 aromatic rings. The second-order valence-corrected chi connectivity index (χ2v) is 11.3. The maximum Gasteiger partial charge on any atom is 0.282 e. The molecule has 1 aliphatic heterocycles. The Balaban J connectivity index is 1.36. The average molecular weight is 448 g/mol. The highest BCUT2D eigenvalue weighted by molar-refractivity contribution is 7.86. The standard InChI is InChI=1S/C21H33N7O2S/c1-25(2)11-4-12-27(17-5-3-6-17)31(29,30)28-14-13-26(15-21(28)8-9-21)20-18-7-10-22-19(18)23-16-24-20/h7,10,16-17H,3-6,8-9,11-15H2,1-2H3,(H,22,23,24). The summed E-state index contributed by atoms with van der Waals surface area (Å²) in [6.45, 7) is 3.36. The van der Waals surface area contributed by atoms with Crippen molar-refractivity contribution in [2.45, 2.75) is 50.1 Å². The van der Waals surface area contributed by atoms with Gasteiger partial charge in [0, 0.05) is 38.4 Å². The van der Waals surface area contributed by atoms with E-state index in [1.54, 1.807) is 6.33 Å².